The van der Waals surface area contributed by atoms with Gasteiger partial charge in [-0.25, -0.2) is 9.59 Å². The van der Waals surface area contributed by atoms with Crippen molar-refractivity contribution in [3.63, 3.8) is 0 Å². The van der Waals surface area contributed by atoms with Gasteiger partial charge in [0, 0.05) is 0 Å². The summed E-state index contributed by atoms with van der Waals surface area (Å²) in [5, 5.41) is 8.95. The van der Waals surface area contributed by atoms with Crippen molar-refractivity contribution < 1.29 is 28.9 Å². The average Bonchev–Trinajstić information content (AvgIpc) is 2.65. The molecule has 0 fully saturated rings. The van der Waals surface area contributed by atoms with Crippen molar-refractivity contribution in [2.75, 3.05) is 20.8 Å². The maximum atomic E-state index is 11.1. The minimum absolute atomic E-state index is 0.0629. The van der Waals surface area contributed by atoms with Crippen LogP contribution in [0, 0.1) is 0 Å². The number of ether oxygens (including phenoxy) is 3. The van der Waals surface area contributed by atoms with Gasteiger partial charge in [0.1, 0.15) is 18.1 Å². The maximum absolute atomic E-state index is 11.1. The Morgan fingerprint density at radius 1 is 1.00 bits per heavy atom. The van der Waals surface area contributed by atoms with Gasteiger partial charge in [0.25, 0.3) is 0 Å². The summed E-state index contributed by atoms with van der Waals surface area (Å²) >= 11 is 0. The first-order valence-electron chi connectivity index (χ1n) is 7.31. The lowest BCUT2D eigenvalue weighted by molar-refractivity contribution is 0.0591. The van der Waals surface area contributed by atoms with Gasteiger partial charge in [-0.1, -0.05) is 24.8 Å². The van der Waals surface area contributed by atoms with Gasteiger partial charge in [-0.15, -0.1) is 0 Å². The molecule has 2 aromatic carbocycles. The van der Waals surface area contributed by atoms with Crippen LogP contribution in [0.2, 0.25) is 0 Å². The Balaban J connectivity index is 0.000000257. The molecule has 132 valence electrons. The smallest absolute Gasteiger partial charge is 0.337 e. The van der Waals surface area contributed by atoms with Crippen molar-refractivity contribution >= 4 is 11.9 Å². The number of phenolic OH excluding ortho intramolecular Hbond substituents is 1. The van der Waals surface area contributed by atoms with Crippen molar-refractivity contribution in [2.45, 2.75) is 0 Å². The third kappa shape index (κ3) is 6.78. The number of hydrogen-bond donors (Lipinski definition) is 1. The highest BCUT2D eigenvalue weighted by molar-refractivity contribution is 5.90. The molecule has 0 saturated heterocycles. The van der Waals surface area contributed by atoms with Crippen LogP contribution in [0.1, 0.15) is 20.7 Å². The van der Waals surface area contributed by atoms with E-state index in [1.54, 1.807) is 42.5 Å². The second-order valence-electron chi connectivity index (χ2n) is 4.66. The standard InChI is InChI=1S/C11H12O3.C8H8O3/c1-3-7-14-10-6-4-5-9(8-10)11(12)13-2;1-11-8(10)6-3-2-4-7(9)5-6/h3-6,8H,1,7H2,2H3;2-5,9H,1H3. The van der Waals surface area contributed by atoms with Gasteiger partial charge in [-0.2, -0.15) is 0 Å². The van der Waals surface area contributed by atoms with E-state index in [-0.39, 0.29) is 11.7 Å². The number of hydrogen-bond acceptors (Lipinski definition) is 6. The largest absolute Gasteiger partial charge is 0.508 e. The van der Waals surface area contributed by atoms with Gasteiger partial charge in [0.2, 0.25) is 0 Å². The molecule has 0 spiro atoms. The lowest BCUT2D eigenvalue weighted by Gasteiger charge is -2.04. The normalized spacial score (nSPS) is 9.20. The highest BCUT2D eigenvalue weighted by Crippen LogP contribution is 2.14. The highest BCUT2D eigenvalue weighted by atomic mass is 16.5. The number of benzene rings is 2. The molecule has 0 amide bonds. The molecule has 0 aliphatic rings. The van der Waals surface area contributed by atoms with E-state index >= 15 is 0 Å². The molecule has 0 saturated carbocycles. The Morgan fingerprint density at radius 2 is 1.56 bits per heavy atom. The summed E-state index contributed by atoms with van der Waals surface area (Å²) in [7, 11) is 2.64. The third-order valence-corrected chi connectivity index (χ3v) is 2.89. The highest BCUT2D eigenvalue weighted by Gasteiger charge is 2.05. The summed E-state index contributed by atoms with van der Waals surface area (Å²) in [6, 6.07) is 12.8. The number of carbonyl (C=O) groups excluding carboxylic acids is 2. The van der Waals surface area contributed by atoms with Crippen LogP contribution in [-0.4, -0.2) is 37.9 Å². The fourth-order valence-corrected chi connectivity index (χ4v) is 1.74. The molecular weight excluding hydrogens is 324 g/mol. The van der Waals surface area contributed by atoms with E-state index in [1.165, 1.54) is 26.4 Å². The van der Waals surface area contributed by atoms with Crippen LogP contribution >= 0.6 is 0 Å². The summed E-state index contributed by atoms with van der Waals surface area (Å²) in [5.41, 5.74) is 0.835. The first-order valence-corrected chi connectivity index (χ1v) is 7.31. The van der Waals surface area contributed by atoms with Gasteiger partial charge in [-0.3, -0.25) is 0 Å². The number of methoxy groups -OCH3 is 2. The quantitative estimate of drug-likeness (QED) is 0.662. The van der Waals surface area contributed by atoms with Gasteiger partial charge in [0.05, 0.1) is 25.3 Å². The number of aromatic hydroxyl groups is 1. The lowest BCUT2D eigenvalue weighted by Crippen LogP contribution is -2.01. The zero-order valence-corrected chi connectivity index (χ0v) is 14.1. The summed E-state index contributed by atoms with van der Waals surface area (Å²) in [6.07, 6.45) is 1.64. The predicted octanol–water partition coefficient (Wildman–Crippen LogP) is 3.22. The number of carbonyl (C=O) groups is 2. The second kappa shape index (κ2) is 10.5. The first-order chi connectivity index (χ1) is 12.0. The van der Waals surface area contributed by atoms with E-state index in [4.69, 9.17) is 9.84 Å². The summed E-state index contributed by atoms with van der Waals surface area (Å²) < 4.78 is 14.3. The van der Waals surface area contributed by atoms with E-state index in [9.17, 15) is 9.59 Å². The van der Waals surface area contributed by atoms with Gasteiger partial charge >= 0.3 is 11.9 Å². The molecule has 0 unspecified atom stereocenters. The molecule has 0 aliphatic carbocycles. The summed E-state index contributed by atoms with van der Waals surface area (Å²) in [6.45, 7) is 3.95. The fourth-order valence-electron chi connectivity index (χ4n) is 1.74. The Morgan fingerprint density at radius 3 is 2.08 bits per heavy atom. The zero-order valence-electron chi connectivity index (χ0n) is 14.1. The van der Waals surface area contributed by atoms with E-state index in [2.05, 4.69) is 16.1 Å². The third-order valence-electron chi connectivity index (χ3n) is 2.89. The zero-order chi connectivity index (χ0) is 18.7. The van der Waals surface area contributed by atoms with Crippen LogP contribution in [-0.2, 0) is 9.47 Å². The number of esters is 2. The Hall–Kier alpha value is -3.28. The lowest BCUT2D eigenvalue weighted by atomic mass is 10.2. The molecule has 6 heteroatoms. The van der Waals surface area contributed by atoms with Crippen molar-refractivity contribution in [2.24, 2.45) is 0 Å². The average molecular weight is 344 g/mol. The molecule has 0 radical (unpaired) electrons. The van der Waals surface area contributed by atoms with Crippen LogP contribution in [0.4, 0.5) is 0 Å². The molecule has 1 N–H and O–H groups in total. The number of rotatable bonds is 5. The maximum Gasteiger partial charge on any atom is 0.337 e. The SMILES string of the molecule is C=CCOc1cccc(C(=O)OC)c1.COC(=O)c1cccc(O)c1. The molecular formula is C19H20O6. The molecule has 6 nitrogen and oxygen atoms in total. The fraction of sp³-hybridized carbons (Fsp3) is 0.158. The van der Waals surface area contributed by atoms with Crippen LogP contribution in [0.25, 0.3) is 0 Å². The molecule has 0 aliphatic heterocycles. The van der Waals surface area contributed by atoms with Gasteiger partial charge in [-0.05, 0) is 36.4 Å². The molecule has 0 bridgehead atoms. The van der Waals surface area contributed by atoms with E-state index in [1.807, 2.05) is 0 Å². The summed E-state index contributed by atoms with van der Waals surface area (Å²) in [4.78, 5) is 22.0. The van der Waals surface area contributed by atoms with E-state index < -0.39 is 5.97 Å². The summed E-state index contributed by atoms with van der Waals surface area (Å²) in [5.74, 6) is -0.115. The van der Waals surface area contributed by atoms with Crippen molar-refractivity contribution in [1.29, 1.82) is 0 Å². The van der Waals surface area contributed by atoms with E-state index in [0.29, 0.717) is 23.5 Å². The first kappa shape index (κ1) is 19.8. The Kier molecular flexibility index (Phi) is 8.29. The molecule has 0 aromatic heterocycles. The van der Waals surface area contributed by atoms with Crippen LogP contribution in [0.5, 0.6) is 11.5 Å². The Bertz CT molecular complexity index is 723. The minimum Gasteiger partial charge on any atom is -0.508 e. The van der Waals surface area contributed by atoms with Crippen molar-refractivity contribution in [1.82, 2.24) is 0 Å². The molecule has 25 heavy (non-hydrogen) atoms. The van der Waals surface area contributed by atoms with Crippen LogP contribution < -0.4 is 4.74 Å². The van der Waals surface area contributed by atoms with Gasteiger partial charge in [0.15, 0.2) is 0 Å². The van der Waals surface area contributed by atoms with Crippen molar-refractivity contribution in [3.05, 3.63) is 72.3 Å². The van der Waals surface area contributed by atoms with Gasteiger partial charge < -0.3 is 19.3 Å². The topological polar surface area (TPSA) is 82.1 Å². The van der Waals surface area contributed by atoms with Crippen molar-refractivity contribution in [3.8, 4) is 11.5 Å². The molecule has 0 atom stereocenters. The number of phenols is 1. The second-order valence-corrected chi connectivity index (χ2v) is 4.66. The van der Waals surface area contributed by atoms with E-state index in [0.717, 1.165) is 0 Å². The molecule has 2 rings (SSSR count). The Labute approximate surface area is 146 Å². The van der Waals surface area contributed by atoms with Crippen LogP contribution in [0.3, 0.4) is 0 Å². The molecule has 2 aromatic rings. The minimum atomic E-state index is -0.444. The molecule has 0 heterocycles. The van der Waals surface area contributed by atoms with Crippen LogP contribution in [0.15, 0.2) is 61.2 Å². The monoisotopic (exact) mass is 344 g/mol. The predicted molar refractivity (Wildman–Crippen MR) is 92.9 cm³/mol.